The van der Waals surface area contributed by atoms with E-state index in [1.807, 2.05) is 12.1 Å². The van der Waals surface area contributed by atoms with E-state index < -0.39 is 0 Å². The Balaban J connectivity index is 1.51. The van der Waals surface area contributed by atoms with Gasteiger partial charge < -0.3 is 9.80 Å². The third-order valence-corrected chi connectivity index (χ3v) is 4.57. The summed E-state index contributed by atoms with van der Waals surface area (Å²) in [5.74, 6) is 0.721. The van der Waals surface area contributed by atoms with Gasteiger partial charge in [-0.3, -0.25) is 4.90 Å². The van der Waals surface area contributed by atoms with Gasteiger partial charge in [-0.05, 0) is 38.1 Å². The molecular weight excluding hydrogens is 253 g/mol. The van der Waals surface area contributed by atoms with Gasteiger partial charge in [-0.1, -0.05) is 12.1 Å². The van der Waals surface area contributed by atoms with E-state index in [4.69, 9.17) is 0 Å². The van der Waals surface area contributed by atoms with E-state index in [2.05, 4.69) is 21.7 Å². The first-order chi connectivity index (χ1) is 9.72. The number of nitrogens with zero attached hydrogens (tertiary/aromatic N) is 3. The SMILES string of the molecule is CN1CC[C@H](CN2CCN(c3ccccc3F)CC2)C1. The van der Waals surface area contributed by atoms with Gasteiger partial charge in [-0.25, -0.2) is 4.39 Å². The minimum absolute atomic E-state index is 0.0987. The number of hydrogen-bond acceptors (Lipinski definition) is 3. The number of rotatable bonds is 3. The monoisotopic (exact) mass is 277 g/mol. The van der Waals surface area contributed by atoms with Crippen LogP contribution < -0.4 is 4.90 Å². The van der Waals surface area contributed by atoms with Crippen LogP contribution >= 0.6 is 0 Å². The average Bonchev–Trinajstić information content (AvgIpc) is 2.86. The van der Waals surface area contributed by atoms with Crippen molar-refractivity contribution in [2.45, 2.75) is 6.42 Å². The standard InChI is InChI=1S/C16H24FN3/c1-18-7-6-14(12-18)13-19-8-10-20(11-9-19)16-5-3-2-4-15(16)17/h2-5,14H,6-13H2,1H3/t14-/m0/s1. The Morgan fingerprint density at radius 3 is 2.50 bits per heavy atom. The second-order valence-electron chi connectivity index (χ2n) is 6.16. The lowest BCUT2D eigenvalue weighted by Gasteiger charge is -2.37. The molecule has 0 amide bonds. The summed E-state index contributed by atoms with van der Waals surface area (Å²) in [6, 6.07) is 7.11. The molecular formula is C16H24FN3. The number of anilines is 1. The highest BCUT2D eigenvalue weighted by molar-refractivity contribution is 5.47. The molecule has 0 radical (unpaired) electrons. The number of benzene rings is 1. The molecule has 110 valence electrons. The van der Waals surface area contributed by atoms with Crippen LogP contribution in [-0.4, -0.2) is 62.7 Å². The Hall–Kier alpha value is -1.13. The van der Waals surface area contributed by atoms with Gasteiger partial charge in [0.2, 0.25) is 0 Å². The Kier molecular flexibility index (Phi) is 4.22. The third-order valence-electron chi connectivity index (χ3n) is 4.57. The van der Waals surface area contributed by atoms with Crippen molar-refractivity contribution < 1.29 is 4.39 Å². The molecule has 20 heavy (non-hydrogen) atoms. The maximum absolute atomic E-state index is 13.8. The third kappa shape index (κ3) is 3.13. The zero-order chi connectivity index (χ0) is 13.9. The Bertz CT molecular complexity index is 443. The van der Waals surface area contributed by atoms with Crippen molar-refractivity contribution in [1.29, 1.82) is 0 Å². The van der Waals surface area contributed by atoms with E-state index in [1.54, 1.807) is 12.1 Å². The Morgan fingerprint density at radius 1 is 1.10 bits per heavy atom. The molecule has 0 aromatic heterocycles. The number of piperazine rings is 1. The smallest absolute Gasteiger partial charge is 0.146 e. The highest BCUT2D eigenvalue weighted by Crippen LogP contribution is 2.21. The predicted molar refractivity (Wildman–Crippen MR) is 80.7 cm³/mol. The highest BCUT2D eigenvalue weighted by Gasteiger charge is 2.25. The lowest BCUT2D eigenvalue weighted by molar-refractivity contribution is 0.218. The number of halogens is 1. The van der Waals surface area contributed by atoms with Gasteiger partial charge in [0.25, 0.3) is 0 Å². The van der Waals surface area contributed by atoms with Crippen LogP contribution in [0.3, 0.4) is 0 Å². The zero-order valence-corrected chi connectivity index (χ0v) is 12.3. The van der Waals surface area contributed by atoms with Crippen molar-refractivity contribution in [1.82, 2.24) is 9.80 Å². The molecule has 2 heterocycles. The lowest BCUT2D eigenvalue weighted by atomic mass is 10.1. The maximum atomic E-state index is 13.8. The van der Waals surface area contributed by atoms with Crippen molar-refractivity contribution in [2.24, 2.45) is 5.92 Å². The highest BCUT2D eigenvalue weighted by atomic mass is 19.1. The quantitative estimate of drug-likeness (QED) is 0.835. The van der Waals surface area contributed by atoms with Gasteiger partial charge in [0.1, 0.15) is 5.82 Å². The molecule has 0 unspecified atom stereocenters. The van der Waals surface area contributed by atoms with E-state index in [-0.39, 0.29) is 5.82 Å². The van der Waals surface area contributed by atoms with Crippen LogP contribution in [0.5, 0.6) is 0 Å². The number of likely N-dealkylation sites (tertiary alicyclic amines) is 1. The zero-order valence-electron chi connectivity index (χ0n) is 12.3. The largest absolute Gasteiger partial charge is 0.367 e. The molecule has 0 saturated carbocycles. The van der Waals surface area contributed by atoms with Crippen LogP contribution in [0, 0.1) is 11.7 Å². The van der Waals surface area contributed by atoms with Gasteiger partial charge in [0.15, 0.2) is 0 Å². The first-order valence-electron chi connectivity index (χ1n) is 7.63. The molecule has 1 aromatic rings. The summed E-state index contributed by atoms with van der Waals surface area (Å²) in [5.41, 5.74) is 0.757. The van der Waals surface area contributed by atoms with Crippen LogP contribution in [0.15, 0.2) is 24.3 Å². The summed E-state index contributed by atoms with van der Waals surface area (Å²) in [4.78, 5) is 7.13. The molecule has 0 N–H and O–H groups in total. The normalized spacial score (nSPS) is 25.3. The summed E-state index contributed by atoms with van der Waals surface area (Å²) < 4.78 is 13.8. The fourth-order valence-electron chi connectivity index (χ4n) is 3.42. The minimum atomic E-state index is -0.0987. The van der Waals surface area contributed by atoms with E-state index in [1.165, 1.54) is 26.1 Å². The molecule has 4 heteroatoms. The number of hydrogen-bond donors (Lipinski definition) is 0. The Labute approximate surface area is 121 Å². The van der Waals surface area contributed by atoms with Crippen LogP contribution in [0.4, 0.5) is 10.1 Å². The van der Waals surface area contributed by atoms with Crippen LogP contribution in [-0.2, 0) is 0 Å². The van der Waals surface area contributed by atoms with E-state index in [0.717, 1.165) is 37.8 Å². The fraction of sp³-hybridized carbons (Fsp3) is 0.625. The van der Waals surface area contributed by atoms with Crippen LogP contribution in [0.1, 0.15) is 6.42 Å². The fourth-order valence-corrected chi connectivity index (χ4v) is 3.42. The molecule has 2 aliphatic rings. The Morgan fingerprint density at radius 2 is 1.85 bits per heavy atom. The topological polar surface area (TPSA) is 9.72 Å². The van der Waals surface area contributed by atoms with Gasteiger partial charge in [-0.15, -0.1) is 0 Å². The molecule has 1 atom stereocenters. The summed E-state index contributed by atoms with van der Waals surface area (Å²) in [5, 5.41) is 0. The van der Waals surface area contributed by atoms with E-state index in [0.29, 0.717) is 0 Å². The molecule has 3 nitrogen and oxygen atoms in total. The molecule has 0 aliphatic carbocycles. The van der Waals surface area contributed by atoms with Gasteiger partial charge >= 0.3 is 0 Å². The van der Waals surface area contributed by atoms with Crippen molar-refractivity contribution in [3.05, 3.63) is 30.1 Å². The van der Waals surface area contributed by atoms with Gasteiger partial charge in [0.05, 0.1) is 5.69 Å². The molecule has 2 saturated heterocycles. The summed E-state index contributed by atoms with van der Waals surface area (Å²) in [7, 11) is 2.20. The second-order valence-corrected chi connectivity index (χ2v) is 6.16. The minimum Gasteiger partial charge on any atom is -0.367 e. The first-order valence-corrected chi connectivity index (χ1v) is 7.63. The summed E-state index contributed by atoms with van der Waals surface area (Å²) >= 11 is 0. The average molecular weight is 277 g/mol. The lowest BCUT2D eigenvalue weighted by Crippen LogP contribution is -2.48. The maximum Gasteiger partial charge on any atom is 0.146 e. The van der Waals surface area contributed by atoms with Crippen LogP contribution in [0.2, 0.25) is 0 Å². The van der Waals surface area contributed by atoms with Crippen molar-refractivity contribution in [2.75, 3.05) is 57.8 Å². The van der Waals surface area contributed by atoms with E-state index in [9.17, 15) is 4.39 Å². The molecule has 2 fully saturated rings. The van der Waals surface area contributed by atoms with Gasteiger partial charge in [0, 0.05) is 39.3 Å². The molecule has 2 aliphatic heterocycles. The number of para-hydroxylation sites is 1. The molecule has 1 aromatic carbocycles. The summed E-state index contributed by atoms with van der Waals surface area (Å²) in [6.07, 6.45) is 1.32. The summed E-state index contributed by atoms with van der Waals surface area (Å²) in [6.45, 7) is 7.64. The first kappa shape index (κ1) is 13.8. The molecule has 3 rings (SSSR count). The second kappa shape index (κ2) is 6.10. The van der Waals surface area contributed by atoms with E-state index >= 15 is 0 Å². The predicted octanol–water partition coefficient (Wildman–Crippen LogP) is 1.90. The van der Waals surface area contributed by atoms with Crippen molar-refractivity contribution >= 4 is 5.69 Å². The molecule has 0 bridgehead atoms. The molecule has 0 spiro atoms. The van der Waals surface area contributed by atoms with Crippen molar-refractivity contribution in [3.8, 4) is 0 Å². The van der Waals surface area contributed by atoms with Gasteiger partial charge in [-0.2, -0.15) is 0 Å². The van der Waals surface area contributed by atoms with Crippen molar-refractivity contribution in [3.63, 3.8) is 0 Å². The van der Waals surface area contributed by atoms with Crippen LogP contribution in [0.25, 0.3) is 0 Å².